The highest BCUT2D eigenvalue weighted by atomic mass is 32.2. The normalized spacial score (nSPS) is 12.3. The summed E-state index contributed by atoms with van der Waals surface area (Å²) in [6, 6.07) is 6.15. The van der Waals surface area contributed by atoms with Gasteiger partial charge in [0.1, 0.15) is 0 Å². The summed E-state index contributed by atoms with van der Waals surface area (Å²) in [5, 5.41) is 18.2. The first-order valence-electron chi connectivity index (χ1n) is 5.12. The van der Waals surface area contributed by atoms with Gasteiger partial charge in [-0.1, -0.05) is 18.2 Å². The summed E-state index contributed by atoms with van der Waals surface area (Å²) in [6.07, 6.45) is 0. The van der Waals surface area contributed by atoms with Gasteiger partial charge in [-0.3, -0.25) is 4.72 Å². The average molecular weight is 257 g/mol. The van der Waals surface area contributed by atoms with Gasteiger partial charge < -0.3 is 10.0 Å². The number of benzene rings is 1. The number of hydrogen-bond acceptors (Lipinski definition) is 4. The van der Waals surface area contributed by atoms with Gasteiger partial charge in [0.15, 0.2) is 0 Å². The maximum atomic E-state index is 11.9. The van der Waals surface area contributed by atoms with Crippen LogP contribution in [0.5, 0.6) is 0 Å². The topological polar surface area (TPSA) is 86.6 Å². The molecule has 0 saturated carbocycles. The van der Waals surface area contributed by atoms with E-state index >= 15 is 0 Å². The number of nitrogens with one attached hydrogen (secondary N) is 1. The number of rotatable bonds is 3. The van der Waals surface area contributed by atoms with Gasteiger partial charge in [0.25, 0.3) is 0 Å². The fraction of sp³-hybridized carbons (Fsp3) is 0.400. The van der Waals surface area contributed by atoms with E-state index in [9.17, 15) is 8.42 Å². The quantitative estimate of drug-likeness (QED) is 0.660. The van der Waals surface area contributed by atoms with Gasteiger partial charge in [0.05, 0.1) is 4.75 Å². The molecule has 0 aliphatic carbocycles. The van der Waals surface area contributed by atoms with Crippen molar-refractivity contribution in [1.29, 1.82) is 0 Å². The summed E-state index contributed by atoms with van der Waals surface area (Å²) in [6.45, 7) is 4.69. The molecule has 94 valence electrons. The Morgan fingerprint density at radius 3 is 2.18 bits per heavy atom. The minimum absolute atomic E-state index is 0.125. The maximum absolute atomic E-state index is 11.9. The third kappa shape index (κ3) is 3.21. The van der Waals surface area contributed by atoms with Gasteiger partial charge in [-0.15, -0.1) is 0 Å². The van der Waals surface area contributed by atoms with Crippen LogP contribution in [0.25, 0.3) is 0 Å². The highest BCUT2D eigenvalue weighted by molar-refractivity contribution is 7.94. The van der Waals surface area contributed by atoms with Crippen molar-refractivity contribution in [2.24, 2.45) is 0 Å². The Hall–Kier alpha value is -1.05. The van der Waals surface area contributed by atoms with E-state index in [-0.39, 0.29) is 11.2 Å². The lowest BCUT2D eigenvalue weighted by Gasteiger charge is -2.21. The molecule has 0 bridgehead atoms. The van der Waals surface area contributed by atoms with Crippen molar-refractivity contribution in [1.82, 2.24) is 0 Å². The van der Waals surface area contributed by atoms with Crippen molar-refractivity contribution in [2.45, 2.75) is 25.5 Å². The van der Waals surface area contributed by atoms with Gasteiger partial charge in [0.2, 0.25) is 10.0 Å². The molecule has 1 rings (SSSR count). The third-order valence-electron chi connectivity index (χ3n) is 2.29. The van der Waals surface area contributed by atoms with E-state index in [2.05, 4.69) is 4.72 Å². The van der Waals surface area contributed by atoms with Crippen LogP contribution in [0.3, 0.4) is 0 Å². The smallest absolute Gasteiger partial charge is 0.423 e. The first-order chi connectivity index (χ1) is 7.65. The molecule has 0 fully saturated rings. The van der Waals surface area contributed by atoms with Crippen molar-refractivity contribution in [3.05, 3.63) is 24.3 Å². The fourth-order valence-corrected chi connectivity index (χ4v) is 1.89. The number of hydrogen-bond donors (Lipinski definition) is 3. The monoisotopic (exact) mass is 257 g/mol. The van der Waals surface area contributed by atoms with Crippen LogP contribution in [0.4, 0.5) is 5.69 Å². The largest absolute Gasteiger partial charge is 0.490 e. The second-order valence-corrected chi connectivity index (χ2v) is 7.11. The molecule has 0 spiro atoms. The summed E-state index contributed by atoms with van der Waals surface area (Å²) < 4.78 is 25.2. The van der Waals surface area contributed by atoms with Crippen molar-refractivity contribution in [3.8, 4) is 0 Å². The zero-order valence-electron chi connectivity index (χ0n) is 10.0. The van der Waals surface area contributed by atoms with E-state index in [0.717, 1.165) is 0 Å². The molecule has 17 heavy (non-hydrogen) atoms. The number of anilines is 1. The summed E-state index contributed by atoms with van der Waals surface area (Å²) in [4.78, 5) is 0. The second kappa shape index (κ2) is 4.68. The van der Waals surface area contributed by atoms with Crippen LogP contribution in [0.1, 0.15) is 20.8 Å². The minimum Gasteiger partial charge on any atom is -0.423 e. The molecule has 5 nitrogen and oxygen atoms in total. The second-order valence-electron chi connectivity index (χ2n) is 4.68. The van der Waals surface area contributed by atoms with Crippen molar-refractivity contribution in [2.75, 3.05) is 4.72 Å². The zero-order chi connectivity index (χ0) is 13.3. The summed E-state index contributed by atoms with van der Waals surface area (Å²) in [7, 11) is -5.29. The molecular formula is C10H16BNO4S. The number of sulfonamides is 1. The Labute approximate surface area is 102 Å². The molecular weight excluding hydrogens is 241 g/mol. The van der Waals surface area contributed by atoms with Crippen molar-refractivity contribution < 1.29 is 18.5 Å². The van der Waals surface area contributed by atoms with Crippen LogP contribution in [0.2, 0.25) is 0 Å². The van der Waals surface area contributed by atoms with Crippen LogP contribution in [-0.4, -0.2) is 30.3 Å². The standard InChI is InChI=1S/C10H16BNO4S/c1-10(2,3)17(15,16)12-9-7-5-4-6-8(9)11(13)14/h4-7,12-14H,1-3H3. The average Bonchev–Trinajstić information content (AvgIpc) is 2.15. The summed E-state index contributed by atoms with van der Waals surface area (Å²) in [5.74, 6) is 0. The van der Waals surface area contributed by atoms with Crippen molar-refractivity contribution >= 4 is 28.3 Å². The SMILES string of the molecule is CC(C)(C)S(=O)(=O)Nc1ccccc1B(O)O. The van der Waals surface area contributed by atoms with Gasteiger partial charge in [-0.05, 0) is 26.8 Å². The van der Waals surface area contributed by atoms with Crippen LogP contribution in [0, 0.1) is 0 Å². The van der Waals surface area contributed by atoms with Gasteiger partial charge in [-0.2, -0.15) is 0 Å². The first kappa shape index (κ1) is 14.0. The lowest BCUT2D eigenvalue weighted by molar-refractivity contribution is 0.426. The molecule has 1 aromatic carbocycles. The minimum atomic E-state index is -3.58. The molecule has 0 atom stereocenters. The molecule has 1 aromatic rings. The highest BCUT2D eigenvalue weighted by Crippen LogP contribution is 2.18. The first-order valence-corrected chi connectivity index (χ1v) is 6.61. The Morgan fingerprint density at radius 2 is 1.71 bits per heavy atom. The Balaban J connectivity index is 3.13. The zero-order valence-corrected chi connectivity index (χ0v) is 10.8. The lowest BCUT2D eigenvalue weighted by atomic mass is 9.79. The Morgan fingerprint density at radius 1 is 1.18 bits per heavy atom. The van der Waals surface area contributed by atoms with E-state index in [1.165, 1.54) is 12.1 Å². The van der Waals surface area contributed by atoms with Crippen molar-refractivity contribution in [3.63, 3.8) is 0 Å². The van der Waals surface area contributed by atoms with Gasteiger partial charge in [0, 0.05) is 11.2 Å². The van der Waals surface area contributed by atoms with Gasteiger partial charge >= 0.3 is 7.12 Å². The molecule has 7 heteroatoms. The molecule has 0 amide bonds. The molecule has 0 unspecified atom stereocenters. The molecule has 0 saturated heterocycles. The predicted molar refractivity (Wildman–Crippen MR) is 68.6 cm³/mol. The van der Waals surface area contributed by atoms with E-state index in [1.54, 1.807) is 32.9 Å². The lowest BCUT2D eigenvalue weighted by Crippen LogP contribution is -2.38. The summed E-state index contributed by atoms with van der Waals surface area (Å²) >= 11 is 0. The Bertz CT molecular complexity index is 493. The highest BCUT2D eigenvalue weighted by Gasteiger charge is 2.30. The fourth-order valence-electron chi connectivity index (χ4n) is 1.11. The molecule has 0 aromatic heterocycles. The molecule has 0 radical (unpaired) electrons. The molecule has 0 aliphatic rings. The number of para-hydroxylation sites is 1. The van der Waals surface area contributed by atoms with E-state index < -0.39 is 21.9 Å². The van der Waals surface area contributed by atoms with E-state index in [0.29, 0.717) is 0 Å². The van der Waals surface area contributed by atoms with E-state index in [4.69, 9.17) is 10.0 Å². The third-order valence-corrected chi connectivity index (χ3v) is 4.39. The van der Waals surface area contributed by atoms with Gasteiger partial charge in [-0.25, -0.2) is 8.42 Å². The molecule has 0 aliphatic heterocycles. The van der Waals surface area contributed by atoms with Crippen LogP contribution < -0.4 is 10.2 Å². The molecule has 0 heterocycles. The maximum Gasteiger partial charge on any atom is 0.490 e. The summed E-state index contributed by atoms with van der Waals surface area (Å²) in [5.41, 5.74) is 0.303. The van der Waals surface area contributed by atoms with E-state index in [1.807, 2.05) is 0 Å². The Kier molecular flexibility index (Phi) is 3.86. The molecule has 3 N–H and O–H groups in total. The van der Waals surface area contributed by atoms with Crippen LogP contribution >= 0.6 is 0 Å². The van der Waals surface area contributed by atoms with Crippen LogP contribution in [-0.2, 0) is 10.0 Å². The predicted octanol–water partition coefficient (Wildman–Crippen LogP) is -0.0934. The van der Waals surface area contributed by atoms with Crippen LogP contribution in [0.15, 0.2) is 24.3 Å².